The van der Waals surface area contributed by atoms with Gasteiger partial charge in [0, 0.05) is 0 Å². The predicted octanol–water partition coefficient (Wildman–Crippen LogP) is 3.04. The van der Waals surface area contributed by atoms with Gasteiger partial charge >= 0.3 is 0 Å². The molecule has 1 radical (unpaired) electrons. The molecule has 0 N–H and O–H groups in total. The fourth-order valence-electron chi connectivity index (χ4n) is 1.56. The molecule has 0 aromatic rings. The molecule has 0 heteroatoms. The zero-order valence-electron chi connectivity index (χ0n) is 6.83. The molecule has 1 aliphatic rings. The second-order valence-corrected chi connectivity index (χ2v) is 4.30. The standard InChI is InChI=1S/C9H17/c1-8(2)6-5-7-9(8,3)4/h1,5-7H2,2-4H3. The van der Waals surface area contributed by atoms with Crippen molar-refractivity contribution in [3.05, 3.63) is 6.92 Å². The van der Waals surface area contributed by atoms with Crippen LogP contribution in [0.5, 0.6) is 0 Å². The summed E-state index contributed by atoms with van der Waals surface area (Å²) in [7, 11) is 0. The summed E-state index contributed by atoms with van der Waals surface area (Å²) in [4.78, 5) is 0. The van der Waals surface area contributed by atoms with Gasteiger partial charge in [-0.15, -0.1) is 0 Å². The van der Waals surface area contributed by atoms with Gasteiger partial charge in [0.15, 0.2) is 0 Å². The maximum Gasteiger partial charge on any atom is -0.0274 e. The monoisotopic (exact) mass is 125 g/mol. The van der Waals surface area contributed by atoms with E-state index in [0.717, 1.165) is 0 Å². The number of rotatable bonds is 0. The van der Waals surface area contributed by atoms with E-state index in [2.05, 4.69) is 27.7 Å². The summed E-state index contributed by atoms with van der Waals surface area (Å²) in [6.45, 7) is 11.2. The summed E-state index contributed by atoms with van der Waals surface area (Å²) in [6, 6.07) is 0. The van der Waals surface area contributed by atoms with Crippen molar-refractivity contribution in [2.45, 2.75) is 40.0 Å². The van der Waals surface area contributed by atoms with Crippen molar-refractivity contribution in [2.75, 3.05) is 0 Å². The van der Waals surface area contributed by atoms with Crippen LogP contribution in [0.15, 0.2) is 0 Å². The van der Waals surface area contributed by atoms with Crippen molar-refractivity contribution < 1.29 is 0 Å². The van der Waals surface area contributed by atoms with E-state index >= 15 is 0 Å². The average molecular weight is 125 g/mol. The quantitative estimate of drug-likeness (QED) is 0.467. The van der Waals surface area contributed by atoms with Crippen LogP contribution in [0.3, 0.4) is 0 Å². The summed E-state index contributed by atoms with van der Waals surface area (Å²) < 4.78 is 0. The van der Waals surface area contributed by atoms with Crippen molar-refractivity contribution >= 4 is 0 Å². The fraction of sp³-hybridized carbons (Fsp3) is 0.889. The third-order valence-corrected chi connectivity index (χ3v) is 3.16. The Bertz CT molecular complexity index is 95.2. The van der Waals surface area contributed by atoms with Crippen LogP contribution < -0.4 is 0 Å². The Morgan fingerprint density at radius 1 is 1.11 bits per heavy atom. The molecule has 1 rings (SSSR count). The maximum atomic E-state index is 4.22. The van der Waals surface area contributed by atoms with Crippen LogP contribution in [0.4, 0.5) is 0 Å². The van der Waals surface area contributed by atoms with Gasteiger partial charge in [-0.25, -0.2) is 0 Å². The van der Waals surface area contributed by atoms with E-state index < -0.39 is 0 Å². The zero-order chi connectivity index (χ0) is 7.12. The second-order valence-electron chi connectivity index (χ2n) is 4.30. The van der Waals surface area contributed by atoms with Gasteiger partial charge < -0.3 is 0 Å². The molecule has 0 aliphatic heterocycles. The lowest BCUT2D eigenvalue weighted by atomic mass is 9.71. The average Bonchev–Trinajstić information content (AvgIpc) is 1.81. The SMILES string of the molecule is [CH2]C1(C)CCCC1(C)C. The van der Waals surface area contributed by atoms with Crippen molar-refractivity contribution in [3.8, 4) is 0 Å². The Labute approximate surface area is 58.7 Å². The van der Waals surface area contributed by atoms with Crippen molar-refractivity contribution in [1.82, 2.24) is 0 Å². The van der Waals surface area contributed by atoms with E-state index in [0.29, 0.717) is 10.8 Å². The van der Waals surface area contributed by atoms with E-state index in [-0.39, 0.29) is 0 Å². The first-order valence-electron chi connectivity index (χ1n) is 3.81. The van der Waals surface area contributed by atoms with E-state index in [9.17, 15) is 0 Å². The highest BCUT2D eigenvalue weighted by Gasteiger charge is 2.40. The molecule has 9 heavy (non-hydrogen) atoms. The van der Waals surface area contributed by atoms with E-state index in [1.165, 1.54) is 19.3 Å². The topological polar surface area (TPSA) is 0 Å². The Morgan fingerprint density at radius 2 is 1.67 bits per heavy atom. The van der Waals surface area contributed by atoms with Crippen LogP contribution in [0.1, 0.15) is 40.0 Å². The third kappa shape index (κ3) is 0.997. The van der Waals surface area contributed by atoms with E-state index in [1.54, 1.807) is 0 Å². The highest BCUT2D eigenvalue weighted by atomic mass is 14.5. The van der Waals surface area contributed by atoms with E-state index in [1.807, 2.05) is 0 Å². The highest BCUT2D eigenvalue weighted by Crippen LogP contribution is 2.51. The molecule has 0 spiro atoms. The summed E-state index contributed by atoms with van der Waals surface area (Å²) in [5, 5.41) is 0. The first-order valence-corrected chi connectivity index (χ1v) is 3.81. The first-order chi connectivity index (χ1) is 3.96. The normalized spacial score (nSPS) is 30.7. The van der Waals surface area contributed by atoms with Gasteiger partial charge in [0.2, 0.25) is 0 Å². The molecule has 1 fully saturated rings. The third-order valence-electron chi connectivity index (χ3n) is 3.16. The molecule has 0 aromatic carbocycles. The van der Waals surface area contributed by atoms with Crippen molar-refractivity contribution in [3.63, 3.8) is 0 Å². The minimum absolute atomic E-state index is 0.340. The molecular weight excluding hydrogens is 108 g/mol. The fourth-order valence-corrected chi connectivity index (χ4v) is 1.56. The Kier molecular flexibility index (Phi) is 1.38. The van der Waals surface area contributed by atoms with Gasteiger partial charge in [0.1, 0.15) is 0 Å². The Balaban J connectivity index is 2.75. The first kappa shape index (κ1) is 7.11. The van der Waals surface area contributed by atoms with Crippen LogP contribution in [0.2, 0.25) is 0 Å². The predicted molar refractivity (Wildman–Crippen MR) is 41.1 cm³/mol. The van der Waals surface area contributed by atoms with Crippen LogP contribution in [-0.2, 0) is 0 Å². The molecule has 1 unspecified atom stereocenters. The van der Waals surface area contributed by atoms with Gasteiger partial charge in [-0.05, 0) is 30.6 Å². The summed E-state index contributed by atoms with van der Waals surface area (Å²) in [5.74, 6) is 0. The molecule has 0 saturated heterocycles. The summed E-state index contributed by atoms with van der Waals surface area (Å²) >= 11 is 0. The Hall–Kier alpha value is 0. The number of hydrogen-bond donors (Lipinski definition) is 0. The molecule has 1 aliphatic carbocycles. The van der Waals surface area contributed by atoms with Gasteiger partial charge in [0.05, 0.1) is 0 Å². The largest absolute Gasteiger partial charge is 0.0594 e. The Morgan fingerprint density at radius 3 is 1.78 bits per heavy atom. The number of hydrogen-bond acceptors (Lipinski definition) is 0. The summed E-state index contributed by atoms with van der Waals surface area (Å²) in [5.41, 5.74) is 0.819. The second kappa shape index (κ2) is 1.74. The smallest absolute Gasteiger partial charge is 0.0274 e. The molecule has 0 bridgehead atoms. The highest BCUT2D eigenvalue weighted by molar-refractivity contribution is 4.96. The summed E-state index contributed by atoms with van der Waals surface area (Å²) in [6.07, 6.45) is 4.03. The minimum atomic E-state index is 0.340. The molecule has 1 atom stereocenters. The van der Waals surface area contributed by atoms with Gasteiger partial charge in [-0.1, -0.05) is 27.2 Å². The molecule has 1 saturated carbocycles. The maximum absolute atomic E-state index is 4.22. The lowest BCUT2D eigenvalue weighted by Crippen LogP contribution is -2.25. The molecule has 0 heterocycles. The van der Waals surface area contributed by atoms with Crippen LogP contribution in [0.25, 0.3) is 0 Å². The van der Waals surface area contributed by atoms with E-state index in [4.69, 9.17) is 0 Å². The van der Waals surface area contributed by atoms with Gasteiger partial charge in [-0.2, -0.15) is 0 Å². The lowest BCUT2D eigenvalue weighted by Gasteiger charge is -2.34. The van der Waals surface area contributed by atoms with Crippen LogP contribution >= 0.6 is 0 Å². The minimum Gasteiger partial charge on any atom is -0.0594 e. The van der Waals surface area contributed by atoms with Crippen LogP contribution in [0, 0.1) is 17.8 Å². The molecular formula is C9H17. The van der Waals surface area contributed by atoms with Gasteiger partial charge in [-0.3, -0.25) is 0 Å². The lowest BCUT2D eigenvalue weighted by molar-refractivity contribution is 0.189. The molecule has 53 valence electrons. The van der Waals surface area contributed by atoms with Crippen LogP contribution in [-0.4, -0.2) is 0 Å². The zero-order valence-corrected chi connectivity index (χ0v) is 6.83. The molecule has 0 aromatic heterocycles. The van der Waals surface area contributed by atoms with Crippen molar-refractivity contribution in [1.29, 1.82) is 0 Å². The molecule has 0 amide bonds. The van der Waals surface area contributed by atoms with Crippen molar-refractivity contribution in [2.24, 2.45) is 10.8 Å². The van der Waals surface area contributed by atoms with Gasteiger partial charge in [0.25, 0.3) is 0 Å². The molecule has 0 nitrogen and oxygen atoms in total.